The van der Waals surface area contributed by atoms with Crippen LogP contribution in [0.4, 0.5) is 5.69 Å². The highest BCUT2D eigenvalue weighted by Gasteiger charge is 2.20. The smallest absolute Gasteiger partial charge is 0.338 e. The second-order valence-corrected chi connectivity index (χ2v) is 6.52. The van der Waals surface area contributed by atoms with Gasteiger partial charge in [0.15, 0.2) is 6.10 Å². The number of halogens is 1. The number of amides is 1. The van der Waals surface area contributed by atoms with Gasteiger partial charge in [-0.2, -0.15) is 0 Å². The molecule has 0 fully saturated rings. The molecular weight excluding hydrogens is 382 g/mol. The van der Waals surface area contributed by atoms with E-state index in [1.807, 2.05) is 6.92 Å². The van der Waals surface area contributed by atoms with Crippen LogP contribution in [0.1, 0.15) is 35.3 Å². The molecule has 0 aromatic heterocycles. The van der Waals surface area contributed by atoms with Crippen LogP contribution in [0.2, 0.25) is 5.02 Å². The molecule has 2 aromatic rings. The highest BCUT2D eigenvalue weighted by atomic mass is 35.5. The fourth-order valence-corrected chi connectivity index (χ4v) is 2.66. The van der Waals surface area contributed by atoms with E-state index in [4.69, 9.17) is 25.8 Å². The number of carbonyl (C=O) groups is 2. The maximum absolute atomic E-state index is 12.5. The summed E-state index contributed by atoms with van der Waals surface area (Å²) in [4.78, 5) is 24.8. The van der Waals surface area contributed by atoms with Gasteiger partial charge in [0.1, 0.15) is 5.75 Å². The second-order valence-electron chi connectivity index (χ2n) is 6.11. The molecule has 7 heteroatoms. The normalized spacial score (nSPS) is 11.6. The maximum Gasteiger partial charge on any atom is 0.338 e. The van der Waals surface area contributed by atoms with E-state index >= 15 is 0 Å². The van der Waals surface area contributed by atoms with Crippen molar-refractivity contribution in [3.63, 3.8) is 0 Å². The lowest BCUT2D eigenvalue weighted by Crippen LogP contribution is -2.30. The van der Waals surface area contributed by atoms with Gasteiger partial charge < -0.3 is 19.5 Å². The molecular formula is C21H24ClNO5. The minimum absolute atomic E-state index is 0.310. The van der Waals surface area contributed by atoms with Crippen molar-refractivity contribution in [3.8, 4) is 5.75 Å². The Kier molecular flexibility index (Phi) is 7.84. The minimum Gasteiger partial charge on any atom is -0.496 e. The number of esters is 1. The molecule has 0 spiro atoms. The topological polar surface area (TPSA) is 73.9 Å². The zero-order valence-electron chi connectivity index (χ0n) is 16.4. The predicted octanol–water partition coefficient (Wildman–Crippen LogP) is 4.38. The third-order valence-electron chi connectivity index (χ3n) is 4.16. The number of anilines is 1. The maximum atomic E-state index is 12.5. The third kappa shape index (κ3) is 5.47. The summed E-state index contributed by atoms with van der Waals surface area (Å²) < 4.78 is 16.0. The van der Waals surface area contributed by atoms with Crippen molar-refractivity contribution in [1.82, 2.24) is 0 Å². The summed E-state index contributed by atoms with van der Waals surface area (Å²) >= 11 is 6.06. The SMILES string of the molecule is CCOCc1cc(C(=O)O[C@@H](C)C(=O)Nc2cccc(Cl)c2C)ccc1OC. The van der Waals surface area contributed by atoms with Gasteiger partial charge in [-0.3, -0.25) is 4.79 Å². The molecule has 6 nitrogen and oxygen atoms in total. The van der Waals surface area contributed by atoms with Crippen molar-refractivity contribution in [2.75, 3.05) is 19.0 Å². The van der Waals surface area contributed by atoms with E-state index < -0.39 is 18.0 Å². The van der Waals surface area contributed by atoms with Crippen LogP contribution in [0.25, 0.3) is 0 Å². The van der Waals surface area contributed by atoms with Crippen molar-refractivity contribution in [1.29, 1.82) is 0 Å². The van der Waals surface area contributed by atoms with Gasteiger partial charge in [-0.15, -0.1) is 0 Å². The van der Waals surface area contributed by atoms with Crippen LogP contribution in [0.5, 0.6) is 5.75 Å². The summed E-state index contributed by atoms with van der Waals surface area (Å²) in [5, 5.41) is 3.27. The van der Waals surface area contributed by atoms with Crippen LogP contribution < -0.4 is 10.1 Å². The van der Waals surface area contributed by atoms with Crippen LogP contribution in [0.15, 0.2) is 36.4 Å². The Morgan fingerprint density at radius 3 is 2.64 bits per heavy atom. The first kappa shape index (κ1) is 21.7. The van der Waals surface area contributed by atoms with Crippen LogP contribution in [-0.2, 0) is 20.9 Å². The van der Waals surface area contributed by atoms with Gasteiger partial charge in [-0.05, 0) is 56.7 Å². The number of benzene rings is 2. The molecule has 0 aliphatic heterocycles. The monoisotopic (exact) mass is 405 g/mol. The Morgan fingerprint density at radius 1 is 1.21 bits per heavy atom. The number of hydrogen-bond acceptors (Lipinski definition) is 5. The Hall–Kier alpha value is -2.57. The summed E-state index contributed by atoms with van der Waals surface area (Å²) in [7, 11) is 1.55. The van der Waals surface area contributed by atoms with Crippen molar-refractivity contribution in [2.24, 2.45) is 0 Å². The molecule has 0 aliphatic rings. The zero-order valence-corrected chi connectivity index (χ0v) is 17.1. The van der Waals surface area contributed by atoms with E-state index in [9.17, 15) is 9.59 Å². The fourth-order valence-electron chi connectivity index (χ4n) is 2.49. The summed E-state index contributed by atoms with van der Waals surface area (Å²) in [5.41, 5.74) is 2.36. The average molecular weight is 406 g/mol. The first-order valence-electron chi connectivity index (χ1n) is 8.89. The fraction of sp³-hybridized carbons (Fsp3) is 0.333. The van der Waals surface area contributed by atoms with Crippen molar-refractivity contribution in [2.45, 2.75) is 33.5 Å². The lowest BCUT2D eigenvalue weighted by molar-refractivity contribution is -0.123. The molecule has 28 heavy (non-hydrogen) atoms. The van der Waals surface area contributed by atoms with Gasteiger partial charge in [0, 0.05) is 22.9 Å². The Bertz CT molecular complexity index is 853. The number of carbonyl (C=O) groups excluding carboxylic acids is 2. The van der Waals surface area contributed by atoms with E-state index in [1.165, 1.54) is 6.92 Å². The van der Waals surface area contributed by atoms with Crippen LogP contribution in [0, 0.1) is 6.92 Å². The molecule has 0 radical (unpaired) electrons. The summed E-state index contributed by atoms with van der Waals surface area (Å²) in [6.07, 6.45) is -0.983. The molecule has 1 atom stereocenters. The minimum atomic E-state index is -0.983. The summed E-state index contributed by atoms with van der Waals surface area (Å²) in [6.45, 7) is 6.04. The first-order chi connectivity index (χ1) is 13.4. The predicted molar refractivity (Wildman–Crippen MR) is 108 cm³/mol. The molecule has 0 aliphatic carbocycles. The zero-order chi connectivity index (χ0) is 20.7. The highest BCUT2D eigenvalue weighted by Crippen LogP contribution is 2.24. The first-order valence-corrected chi connectivity index (χ1v) is 9.26. The van der Waals surface area contributed by atoms with E-state index in [0.717, 1.165) is 11.1 Å². The number of methoxy groups -OCH3 is 1. The Labute approximate surface area is 169 Å². The third-order valence-corrected chi connectivity index (χ3v) is 4.57. The standard InChI is InChI=1S/C21H24ClNO5/c1-5-27-12-16-11-15(9-10-19(16)26-4)21(25)28-14(3)20(24)23-18-8-6-7-17(22)13(18)2/h6-11,14H,5,12H2,1-4H3,(H,23,24)/t14-/m0/s1. The molecule has 1 N–H and O–H groups in total. The molecule has 2 aromatic carbocycles. The summed E-state index contributed by atoms with van der Waals surface area (Å²) in [5.74, 6) is -0.431. The largest absolute Gasteiger partial charge is 0.496 e. The van der Waals surface area contributed by atoms with Crippen molar-refractivity contribution >= 4 is 29.2 Å². The van der Waals surface area contributed by atoms with Crippen LogP contribution in [-0.4, -0.2) is 31.7 Å². The van der Waals surface area contributed by atoms with Gasteiger partial charge >= 0.3 is 5.97 Å². The van der Waals surface area contributed by atoms with E-state index in [0.29, 0.717) is 35.2 Å². The van der Waals surface area contributed by atoms with Gasteiger partial charge in [-0.25, -0.2) is 4.79 Å². The number of nitrogens with one attached hydrogen (secondary N) is 1. The van der Waals surface area contributed by atoms with E-state index in [-0.39, 0.29) is 0 Å². The van der Waals surface area contributed by atoms with E-state index in [2.05, 4.69) is 5.32 Å². The molecule has 0 saturated heterocycles. The lowest BCUT2D eigenvalue weighted by atomic mass is 10.1. The molecule has 0 saturated carbocycles. The molecule has 2 rings (SSSR count). The average Bonchev–Trinajstić information content (AvgIpc) is 2.69. The molecule has 1 amide bonds. The van der Waals surface area contributed by atoms with Gasteiger partial charge in [-0.1, -0.05) is 17.7 Å². The Morgan fingerprint density at radius 2 is 1.96 bits per heavy atom. The van der Waals surface area contributed by atoms with Crippen molar-refractivity contribution < 1.29 is 23.8 Å². The van der Waals surface area contributed by atoms with Crippen LogP contribution >= 0.6 is 11.6 Å². The molecule has 0 unspecified atom stereocenters. The summed E-state index contributed by atoms with van der Waals surface area (Å²) in [6, 6.07) is 10.1. The van der Waals surface area contributed by atoms with Gasteiger partial charge in [0.2, 0.25) is 0 Å². The lowest BCUT2D eigenvalue weighted by Gasteiger charge is -2.16. The van der Waals surface area contributed by atoms with E-state index in [1.54, 1.807) is 50.4 Å². The second kappa shape index (κ2) is 10.1. The quantitative estimate of drug-likeness (QED) is 0.660. The van der Waals surface area contributed by atoms with Gasteiger partial charge in [0.05, 0.1) is 19.3 Å². The number of hydrogen-bond donors (Lipinski definition) is 1. The number of ether oxygens (including phenoxy) is 3. The van der Waals surface area contributed by atoms with Crippen molar-refractivity contribution in [3.05, 3.63) is 58.1 Å². The highest BCUT2D eigenvalue weighted by molar-refractivity contribution is 6.31. The molecule has 150 valence electrons. The van der Waals surface area contributed by atoms with Crippen LogP contribution in [0.3, 0.4) is 0 Å². The Balaban J connectivity index is 2.06. The molecule has 0 bridgehead atoms. The molecule has 0 heterocycles. The number of rotatable bonds is 8. The van der Waals surface area contributed by atoms with Gasteiger partial charge in [0.25, 0.3) is 5.91 Å².